The highest BCUT2D eigenvalue weighted by Crippen LogP contribution is 2.19. The van der Waals surface area contributed by atoms with Crippen molar-refractivity contribution in [3.63, 3.8) is 0 Å². The summed E-state index contributed by atoms with van der Waals surface area (Å²) in [6.45, 7) is 4.12. The van der Waals surface area contributed by atoms with E-state index in [-0.39, 0.29) is 11.8 Å². The van der Waals surface area contributed by atoms with Gasteiger partial charge in [-0.05, 0) is 35.4 Å². The Kier molecular flexibility index (Phi) is 7.36. The van der Waals surface area contributed by atoms with Gasteiger partial charge >= 0.3 is 5.97 Å². The van der Waals surface area contributed by atoms with Gasteiger partial charge in [0.25, 0.3) is 5.91 Å². The van der Waals surface area contributed by atoms with Crippen LogP contribution in [-0.2, 0) is 16.1 Å². The van der Waals surface area contributed by atoms with E-state index in [4.69, 9.17) is 4.74 Å². The second-order valence-corrected chi connectivity index (χ2v) is 7.06. The standard InChI is InChI=1S/C22H26N2O5/c1-14(2)21(26)24(3)13-15-5-7-17(8-6-15)20(25)23-19(22(27)28)16-9-11-18(29-4)12-10-16/h5-12,14,19H,13H2,1-4H3,(H,23,25)(H,27,28). The van der Waals surface area contributed by atoms with Crippen LogP contribution in [0.1, 0.15) is 41.4 Å². The fourth-order valence-corrected chi connectivity index (χ4v) is 2.85. The molecule has 0 fully saturated rings. The number of hydrogen-bond donors (Lipinski definition) is 2. The van der Waals surface area contributed by atoms with Gasteiger partial charge in [-0.15, -0.1) is 0 Å². The first kappa shape index (κ1) is 21.9. The minimum atomic E-state index is -1.18. The first-order valence-electron chi connectivity index (χ1n) is 9.24. The minimum absolute atomic E-state index is 0.0376. The summed E-state index contributed by atoms with van der Waals surface area (Å²) in [6, 6.07) is 12.0. The van der Waals surface area contributed by atoms with Crippen LogP contribution in [0.2, 0.25) is 0 Å². The number of benzene rings is 2. The van der Waals surface area contributed by atoms with Crippen LogP contribution < -0.4 is 10.1 Å². The van der Waals surface area contributed by atoms with Crippen molar-refractivity contribution in [2.75, 3.05) is 14.2 Å². The van der Waals surface area contributed by atoms with Gasteiger partial charge in [0.2, 0.25) is 5.91 Å². The van der Waals surface area contributed by atoms with Crippen molar-refractivity contribution in [1.82, 2.24) is 10.2 Å². The molecule has 0 saturated heterocycles. The van der Waals surface area contributed by atoms with Gasteiger partial charge in [0, 0.05) is 25.1 Å². The zero-order valence-electron chi connectivity index (χ0n) is 17.0. The molecule has 0 radical (unpaired) electrons. The third-order valence-corrected chi connectivity index (χ3v) is 4.48. The van der Waals surface area contributed by atoms with E-state index in [0.29, 0.717) is 23.4 Å². The van der Waals surface area contributed by atoms with E-state index < -0.39 is 17.9 Å². The van der Waals surface area contributed by atoms with Crippen molar-refractivity contribution >= 4 is 17.8 Å². The fraction of sp³-hybridized carbons (Fsp3) is 0.318. The largest absolute Gasteiger partial charge is 0.497 e. The number of ether oxygens (including phenoxy) is 1. The van der Waals surface area contributed by atoms with Gasteiger partial charge in [0.1, 0.15) is 5.75 Å². The lowest BCUT2D eigenvalue weighted by Gasteiger charge is -2.19. The minimum Gasteiger partial charge on any atom is -0.497 e. The molecular formula is C22H26N2O5. The van der Waals surface area contributed by atoms with E-state index in [1.54, 1.807) is 60.5 Å². The molecule has 29 heavy (non-hydrogen) atoms. The van der Waals surface area contributed by atoms with Crippen LogP contribution >= 0.6 is 0 Å². The molecule has 1 unspecified atom stereocenters. The Balaban J connectivity index is 2.08. The summed E-state index contributed by atoms with van der Waals surface area (Å²) in [5.74, 6) is -1.10. The van der Waals surface area contributed by atoms with Crippen molar-refractivity contribution in [3.05, 3.63) is 65.2 Å². The van der Waals surface area contributed by atoms with Gasteiger partial charge in [-0.2, -0.15) is 0 Å². The maximum Gasteiger partial charge on any atom is 0.330 e. The van der Waals surface area contributed by atoms with Crippen LogP contribution in [0.4, 0.5) is 0 Å². The molecular weight excluding hydrogens is 372 g/mol. The summed E-state index contributed by atoms with van der Waals surface area (Å²) in [4.78, 5) is 37.8. The Hall–Kier alpha value is -3.35. The molecule has 2 N–H and O–H groups in total. The summed E-state index contributed by atoms with van der Waals surface area (Å²) in [7, 11) is 3.25. The molecule has 0 aliphatic rings. The van der Waals surface area contributed by atoms with Crippen LogP contribution in [0, 0.1) is 5.92 Å². The Morgan fingerprint density at radius 1 is 1.03 bits per heavy atom. The Morgan fingerprint density at radius 2 is 1.62 bits per heavy atom. The quantitative estimate of drug-likeness (QED) is 0.713. The molecule has 0 saturated carbocycles. The Labute approximate surface area is 170 Å². The molecule has 2 amide bonds. The molecule has 154 valence electrons. The molecule has 2 aromatic carbocycles. The topological polar surface area (TPSA) is 95.9 Å². The summed E-state index contributed by atoms with van der Waals surface area (Å²) < 4.78 is 5.07. The average Bonchev–Trinajstić information content (AvgIpc) is 2.71. The molecule has 7 heteroatoms. The number of aliphatic carboxylic acids is 1. The van der Waals surface area contributed by atoms with Crippen LogP contribution in [0.25, 0.3) is 0 Å². The van der Waals surface area contributed by atoms with Crippen LogP contribution in [0.15, 0.2) is 48.5 Å². The SMILES string of the molecule is COc1ccc(C(NC(=O)c2ccc(CN(C)C(=O)C(C)C)cc2)C(=O)O)cc1. The van der Waals surface area contributed by atoms with Gasteiger partial charge in [-0.1, -0.05) is 38.1 Å². The number of rotatable bonds is 8. The lowest BCUT2D eigenvalue weighted by atomic mass is 10.1. The third-order valence-electron chi connectivity index (χ3n) is 4.48. The number of carboxylic acids is 1. The predicted octanol–water partition coefficient (Wildman–Crippen LogP) is 2.87. The summed E-state index contributed by atoms with van der Waals surface area (Å²) >= 11 is 0. The van der Waals surface area contributed by atoms with Crippen LogP contribution in [0.3, 0.4) is 0 Å². The van der Waals surface area contributed by atoms with E-state index in [1.807, 2.05) is 13.8 Å². The average molecular weight is 398 g/mol. The first-order valence-corrected chi connectivity index (χ1v) is 9.24. The van der Waals surface area contributed by atoms with E-state index in [1.165, 1.54) is 7.11 Å². The lowest BCUT2D eigenvalue weighted by Crippen LogP contribution is -2.33. The maximum absolute atomic E-state index is 12.5. The molecule has 0 aliphatic heterocycles. The smallest absolute Gasteiger partial charge is 0.330 e. The summed E-state index contributed by atoms with van der Waals surface area (Å²) in [5, 5.41) is 12.0. The van der Waals surface area contributed by atoms with Crippen LogP contribution in [-0.4, -0.2) is 41.9 Å². The molecule has 2 rings (SSSR count). The lowest BCUT2D eigenvalue weighted by molar-refractivity contribution is -0.139. The normalized spacial score (nSPS) is 11.6. The van der Waals surface area contributed by atoms with E-state index in [0.717, 1.165) is 5.56 Å². The molecule has 0 aromatic heterocycles. The van der Waals surface area contributed by atoms with Crippen molar-refractivity contribution in [2.45, 2.75) is 26.4 Å². The van der Waals surface area contributed by atoms with E-state index in [9.17, 15) is 19.5 Å². The third kappa shape index (κ3) is 5.81. The van der Waals surface area contributed by atoms with Gasteiger partial charge in [-0.25, -0.2) is 4.79 Å². The van der Waals surface area contributed by atoms with Gasteiger partial charge in [-0.3, -0.25) is 9.59 Å². The molecule has 0 bridgehead atoms. The number of methoxy groups -OCH3 is 1. The van der Waals surface area contributed by atoms with Gasteiger partial charge in [0.05, 0.1) is 7.11 Å². The summed E-state index contributed by atoms with van der Waals surface area (Å²) in [5.41, 5.74) is 1.66. The van der Waals surface area contributed by atoms with Crippen molar-refractivity contribution in [3.8, 4) is 5.75 Å². The second kappa shape index (κ2) is 9.73. The van der Waals surface area contributed by atoms with Crippen molar-refractivity contribution < 1.29 is 24.2 Å². The molecule has 0 spiro atoms. The number of carboxylic acid groups (broad SMARTS) is 1. The predicted molar refractivity (Wildman–Crippen MR) is 109 cm³/mol. The molecule has 1 atom stereocenters. The maximum atomic E-state index is 12.5. The number of nitrogens with zero attached hydrogens (tertiary/aromatic N) is 1. The number of hydrogen-bond acceptors (Lipinski definition) is 4. The van der Waals surface area contributed by atoms with E-state index in [2.05, 4.69) is 5.32 Å². The highest BCUT2D eigenvalue weighted by Gasteiger charge is 2.23. The Bertz CT molecular complexity index is 860. The van der Waals surface area contributed by atoms with Gasteiger partial charge in [0.15, 0.2) is 6.04 Å². The Morgan fingerprint density at radius 3 is 2.10 bits per heavy atom. The second-order valence-electron chi connectivity index (χ2n) is 7.06. The monoisotopic (exact) mass is 398 g/mol. The zero-order chi connectivity index (χ0) is 21.6. The zero-order valence-corrected chi connectivity index (χ0v) is 17.0. The molecule has 7 nitrogen and oxygen atoms in total. The molecule has 2 aromatic rings. The number of nitrogens with one attached hydrogen (secondary N) is 1. The summed E-state index contributed by atoms with van der Waals surface area (Å²) in [6.07, 6.45) is 0. The first-order chi connectivity index (χ1) is 13.7. The van der Waals surface area contributed by atoms with Gasteiger partial charge < -0.3 is 20.1 Å². The fourth-order valence-electron chi connectivity index (χ4n) is 2.85. The number of amides is 2. The molecule has 0 aliphatic carbocycles. The molecule has 0 heterocycles. The van der Waals surface area contributed by atoms with Crippen molar-refractivity contribution in [1.29, 1.82) is 0 Å². The van der Waals surface area contributed by atoms with Crippen LogP contribution in [0.5, 0.6) is 5.75 Å². The highest BCUT2D eigenvalue weighted by molar-refractivity contribution is 5.96. The highest BCUT2D eigenvalue weighted by atomic mass is 16.5. The number of carbonyl (C=O) groups is 3. The van der Waals surface area contributed by atoms with Crippen molar-refractivity contribution in [2.24, 2.45) is 5.92 Å². The van der Waals surface area contributed by atoms with E-state index >= 15 is 0 Å². The number of carbonyl (C=O) groups excluding carboxylic acids is 2.